The minimum atomic E-state index is -0.136. The molecule has 19 heavy (non-hydrogen) atoms. The molecule has 0 spiro atoms. The monoisotopic (exact) mass is 257 g/mol. The summed E-state index contributed by atoms with van der Waals surface area (Å²) in [7, 11) is 0. The van der Waals surface area contributed by atoms with Crippen LogP contribution in [0.5, 0.6) is 0 Å². The standard InChI is InChI=1S/C16H19NO2/c18-10-4-7-13-5-3-6-14(11-13)12-17-16(19)15-8-1-2-9-15/h3,5-6,11,15,18H,1-2,8-10,12H2,(H,17,19). The molecule has 0 atom stereocenters. The molecule has 1 fully saturated rings. The van der Waals surface area contributed by atoms with Crippen molar-refractivity contribution in [2.24, 2.45) is 5.92 Å². The average Bonchev–Trinajstić information content (AvgIpc) is 2.97. The van der Waals surface area contributed by atoms with Gasteiger partial charge in [0.2, 0.25) is 5.91 Å². The van der Waals surface area contributed by atoms with Crippen LogP contribution in [0.15, 0.2) is 24.3 Å². The summed E-state index contributed by atoms with van der Waals surface area (Å²) in [5, 5.41) is 11.7. The second kappa shape index (κ2) is 6.96. The Bertz CT molecular complexity index is 493. The van der Waals surface area contributed by atoms with Crippen molar-refractivity contribution in [2.75, 3.05) is 6.61 Å². The molecule has 1 aliphatic carbocycles. The quantitative estimate of drug-likeness (QED) is 0.812. The zero-order chi connectivity index (χ0) is 13.5. The summed E-state index contributed by atoms with van der Waals surface area (Å²) in [6.07, 6.45) is 4.39. The molecule has 0 saturated heterocycles. The number of carbonyl (C=O) groups excluding carboxylic acids is 1. The normalized spacial score (nSPS) is 14.8. The third-order valence-electron chi connectivity index (χ3n) is 3.43. The first-order chi connectivity index (χ1) is 9.29. The molecule has 0 aliphatic heterocycles. The van der Waals surface area contributed by atoms with Crippen LogP contribution in [0.1, 0.15) is 36.8 Å². The van der Waals surface area contributed by atoms with Gasteiger partial charge in [0.05, 0.1) is 0 Å². The van der Waals surface area contributed by atoms with Crippen LogP contribution in [0.4, 0.5) is 0 Å². The third-order valence-corrected chi connectivity index (χ3v) is 3.43. The number of aliphatic hydroxyl groups is 1. The lowest BCUT2D eigenvalue weighted by molar-refractivity contribution is -0.124. The van der Waals surface area contributed by atoms with E-state index in [1.165, 1.54) is 12.8 Å². The van der Waals surface area contributed by atoms with Crippen molar-refractivity contribution < 1.29 is 9.90 Å². The molecule has 1 aromatic carbocycles. The number of amides is 1. The molecule has 1 amide bonds. The first-order valence-corrected chi connectivity index (χ1v) is 6.76. The van der Waals surface area contributed by atoms with Gasteiger partial charge in [-0.05, 0) is 30.5 Å². The molecule has 0 heterocycles. The van der Waals surface area contributed by atoms with Gasteiger partial charge < -0.3 is 10.4 Å². The maximum Gasteiger partial charge on any atom is 0.223 e. The first kappa shape index (κ1) is 13.6. The highest BCUT2D eigenvalue weighted by Crippen LogP contribution is 2.24. The van der Waals surface area contributed by atoms with Crippen molar-refractivity contribution >= 4 is 5.91 Å². The van der Waals surface area contributed by atoms with Gasteiger partial charge in [-0.3, -0.25) is 4.79 Å². The van der Waals surface area contributed by atoms with Gasteiger partial charge >= 0.3 is 0 Å². The Labute approximate surface area is 114 Å². The van der Waals surface area contributed by atoms with Crippen molar-refractivity contribution in [3.05, 3.63) is 35.4 Å². The van der Waals surface area contributed by atoms with E-state index in [1.807, 2.05) is 24.3 Å². The Hall–Kier alpha value is -1.79. The summed E-state index contributed by atoms with van der Waals surface area (Å²) in [4.78, 5) is 11.9. The molecule has 1 saturated carbocycles. The molecule has 0 radical (unpaired) electrons. The van der Waals surface area contributed by atoms with Gasteiger partial charge in [0.15, 0.2) is 0 Å². The second-order valence-corrected chi connectivity index (χ2v) is 4.86. The maximum absolute atomic E-state index is 11.9. The van der Waals surface area contributed by atoms with Crippen LogP contribution in [-0.4, -0.2) is 17.6 Å². The van der Waals surface area contributed by atoms with Crippen molar-refractivity contribution in [1.82, 2.24) is 5.32 Å². The van der Waals surface area contributed by atoms with E-state index in [1.54, 1.807) is 0 Å². The van der Waals surface area contributed by atoms with E-state index in [0.717, 1.165) is 24.0 Å². The summed E-state index contributed by atoms with van der Waals surface area (Å²) in [6, 6.07) is 7.72. The van der Waals surface area contributed by atoms with E-state index in [-0.39, 0.29) is 18.4 Å². The minimum absolute atomic E-state index is 0.136. The molecule has 2 rings (SSSR count). The Morgan fingerprint density at radius 1 is 1.37 bits per heavy atom. The van der Waals surface area contributed by atoms with Crippen LogP contribution >= 0.6 is 0 Å². The van der Waals surface area contributed by atoms with Crippen LogP contribution in [0.25, 0.3) is 0 Å². The predicted molar refractivity (Wildman–Crippen MR) is 74.2 cm³/mol. The molecule has 1 aromatic rings. The van der Waals surface area contributed by atoms with Crippen LogP contribution in [0.2, 0.25) is 0 Å². The van der Waals surface area contributed by atoms with E-state index in [0.29, 0.717) is 6.54 Å². The molecule has 2 N–H and O–H groups in total. The van der Waals surface area contributed by atoms with Crippen LogP contribution in [-0.2, 0) is 11.3 Å². The lowest BCUT2D eigenvalue weighted by Crippen LogP contribution is -2.28. The lowest BCUT2D eigenvalue weighted by Gasteiger charge is -2.10. The summed E-state index contributed by atoms with van der Waals surface area (Å²) in [5.74, 6) is 5.86. The number of rotatable bonds is 3. The molecule has 3 heteroatoms. The Morgan fingerprint density at radius 3 is 2.89 bits per heavy atom. The topological polar surface area (TPSA) is 49.3 Å². The van der Waals surface area contributed by atoms with E-state index in [4.69, 9.17) is 5.11 Å². The Morgan fingerprint density at radius 2 is 2.16 bits per heavy atom. The number of carbonyl (C=O) groups is 1. The van der Waals surface area contributed by atoms with E-state index < -0.39 is 0 Å². The van der Waals surface area contributed by atoms with Crippen molar-refractivity contribution in [3.8, 4) is 11.8 Å². The third kappa shape index (κ3) is 4.11. The second-order valence-electron chi connectivity index (χ2n) is 4.86. The van der Waals surface area contributed by atoms with Gasteiger partial charge in [0, 0.05) is 18.0 Å². The van der Waals surface area contributed by atoms with Gasteiger partial charge in [-0.25, -0.2) is 0 Å². The van der Waals surface area contributed by atoms with E-state index in [9.17, 15) is 4.79 Å². The molecular formula is C16H19NO2. The van der Waals surface area contributed by atoms with Crippen molar-refractivity contribution in [1.29, 1.82) is 0 Å². The molecule has 3 nitrogen and oxygen atoms in total. The SMILES string of the molecule is O=C(NCc1cccc(C#CCO)c1)C1CCCC1. The van der Waals surface area contributed by atoms with Gasteiger partial charge in [-0.15, -0.1) is 0 Å². The minimum Gasteiger partial charge on any atom is -0.384 e. The predicted octanol–water partition coefficient (Wildman–Crippen LogP) is 1.84. The smallest absolute Gasteiger partial charge is 0.223 e. The zero-order valence-electron chi connectivity index (χ0n) is 11.0. The summed E-state index contributed by atoms with van der Waals surface area (Å²) >= 11 is 0. The number of hydrogen-bond donors (Lipinski definition) is 2. The van der Waals surface area contributed by atoms with Gasteiger partial charge in [0.1, 0.15) is 6.61 Å². The highest BCUT2D eigenvalue weighted by Gasteiger charge is 2.21. The number of aliphatic hydroxyl groups excluding tert-OH is 1. The average molecular weight is 257 g/mol. The molecule has 0 unspecified atom stereocenters. The Balaban J connectivity index is 1.90. The summed E-state index contributed by atoms with van der Waals surface area (Å²) < 4.78 is 0. The maximum atomic E-state index is 11.9. The number of nitrogens with one attached hydrogen (secondary N) is 1. The fourth-order valence-corrected chi connectivity index (χ4v) is 2.42. The highest BCUT2D eigenvalue weighted by atomic mass is 16.2. The first-order valence-electron chi connectivity index (χ1n) is 6.76. The van der Waals surface area contributed by atoms with E-state index in [2.05, 4.69) is 17.2 Å². The zero-order valence-corrected chi connectivity index (χ0v) is 11.0. The lowest BCUT2D eigenvalue weighted by atomic mass is 10.1. The fraction of sp³-hybridized carbons (Fsp3) is 0.438. The molecule has 100 valence electrons. The van der Waals surface area contributed by atoms with Crippen LogP contribution in [0, 0.1) is 17.8 Å². The number of hydrogen-bond acceptors (Lipinski definition) is 2. The highest BCUT2D eigenvalue weighted by molar-refractivity contribution is 5.78. The van der Waals surface area contributed by atoms with E-state index >= 15 is 0 Å². The molecule has 1 aliphatic rings. The molecule has 0 bridgehead atoms. The van der Waals surface area contributed by atoms with Gasteiger partial charge in [-0.1, -0.05) is 36.8 Å². The summed E-state index contributed by atoms with van der Waals surface area (Å²) in [6.45, 7) is 0.409. The van der Waals surface area contributed by atoms with Crippen LogP contribution in [0.3, 0.4) is 0 Å². The van der Waals surface area contributed by atoms with Crippen molar-refractivity contribution in [3.63, 3.8) is 0 Å². The van der Waals surface area contributed by atoms with Crippen molar-refractivity contribution in [2.45, 2.75) is 32.2 Å². The molecular weight excluding hydrogens is 238 g/mol. The van der Waals surface area contributed by atoms with Gasteiger partial charge in [-0.2, -0.15) is 0 Å². The molecule has 0 aromatic heterocycles. The van der Waals surface area contributed by atoms with Gasteiger partial charge in [0.25, 0.3) is 0 Å². The number of benzene rings is 1. The largest absolute Gasteiger partial charge is 0.384 e. The van der Waals surface area contributed by atoms with Crippen LogP contribution < -0.4 is 5.32 Å². The Kier molecular flexibility index (Phi) is 5.00. The fourth-order valence-electron chi connectivity index (χ4n) is 2.42. The summed E-state index contributed by atoms with van der Waals surface area (Å²) in [5.41, 5.74) is 1.90.